The van der Waals surface area contributed by atoms with Gasteiger partial charge in [0, 0.05) is 19.3 Å². The Kier molecular flexibility index (Phi) is 67.6. The van der Waals surface area contributed by atoms with Gasteiger partial charge in [-0.3, -0.25) is 14.4 Å². The number of ether oxygens (including phenoxy) is 3. The number of allylic oxidation sites excluding steroid dienone is 12. The van der Waals surface area contributed by atoms with Crippen LogP contribution in [0.2, 0.25) is 0 Å². The zero-order chi connectivity index (χ0) is 59.2. The van der Waals surface area contributed by atoms with E-state index in [0.717, 1.165) is 89.9 Å². The first-order valence-corrected chi connectivity index (χ1v) is 35.9. The minimum Gasteiger partial charge on any atom is -0.462 e. The zero-order valence-corrected chi connectivity index (χ0v) is 54.8. The summed E-state index contributed by atoms with van der Waals surface area (Å²) in [6.07, 6.45) is 92.2. The minimum absolute atomic E-state index is 0.0763. The average Bonchev–Trinajstić information content (AvgIpc) is 3.47. The largest absolute Gasteiger partial charge is 0.462 e. The molecule has 0 aromatic heterocycles. The van der Waals surface area contributed by atoms with Gasteiger partial charge in [0.15, 0.2) is 6.10 Å². The summed E-state index contributed by atoms with van der Waals surface area (Å²) in [5, 5.41) is 0. The summed E-state index contributed by atoms with van der Waals surface area (Å²) in [5.74, 6) is -0.869. The van der Waals surface area contributed by atoms with Crippen molar-refractivity contribution in [3.8, 4) is 0 Å². The van der Waals surface area contributed by atoms with Crippen LogP contribution in [-0.2, 0) is 28.6 Å². The van der Waals surface area contributed by atoms with Crippen molar-refractivity contribution in [3.05, 3.63) is 72.9 Å². The molecule has 0 aromatic rings. The van der Waals surface area contributed by atoms with Crippen LogP contribution in [0.5, 0.6) is 0 Å². The summed E-state index contributed by atoms with van der Waals surface area (Å²) in [7, 11) is 0. The summed E-state index contributed by atoms with van der Waals surface area (Å²) >= 11 is 0. The predicted octanol–water partition coefficient (Wildman–Crippen LogP) is 24.8. The molecule has 476 valence electrons. The van der Waals surface area contributed by atoms with Crippen molar-refractivity contribution in [1.29, 1.82) is 0 Å². The summed E-state index contributed by atoms with van der Waals surface area (Å²) < 4.78 is 17.0. The molecule has 0 aliphatic carbocycles. The van der Waals surface area contributed by atoms with Crippen molar-refractivity contribution in [2.45, 2.75) is 380 Å². The van der Waals surface area contributed by atoms with E-state index in [-0.39, 0.29) is 31.1 Å². The molecular formula is C76H136O6. The Balaban J connectivity index is 4.21. The van der Waals surface area contributed by atoms with Gasteiger partial charge >= 0.3 is 17.9 Å². The maximum absolute atomic E-state index is 12.9. The van der Waals surface area contributed by atoms with Crippen LogP contribution in [0.3, 0.4) is 0 Å². The standard InChI is InChI=1S/C76H136O6/c1-4-7-10-13-16-19-22-25-27-29-31-33-34-35-36-37-38-39-40-41-42-44-45-47-49-51-54-57-60-63-66-69-75(78)81-72-73(71-80-74(77)68-65-62-59-56-53-24-21-18-15-12-9-6-3)82-76(79)70-67-64-61-58-55-52-50-48-46-43-32-30-28-26-23-20-17-14-11-8-5-2/h22-23,25-26,29-32,34-35,46,48,73H,4-21,24,27-28,33,36-45,47,49-72H2,1-3H3/b25-22-,26-23-,31-29-,32-30-,35-34-,48-46-. The first kappa shape index (κ1) is 78.8. The second kappa shape index (κ2) is 70.3. The number of esters is 3. The van der Waals surface area contributed by atoms with Crippen LogP contribution in [0.15, 0.2) is 72.9 Å². The molecule has 0 aliphatic heterocycles. The third kappa shape index (κ3) is 67.6. The number of carbonyl (C=O) groups is 3. The highest BCUT2D eigenvalue weighted by molar-refractivity contribution is 5.71. The second-order valence-electron chi connectivity index (χ2n) is 24.1. The quantitative estimate of drug-likeness (QED) is 0.0261. The molecule has 6 nitrogen and oxygen atoms in total. The van der Waals surface area contributed by atoms with Crippen molar-refractivity contribution in [3.63, 3.8) is 0 Å². The van der Waals surface area contributed by atoms with Gasteiger partial charge in [-0.2, -0.15) is 0 Å². The normalized spacial score (nSPS) is 12.5. The monoisotopic (exact) mass is 1150 g/mol. The van der Waals surface area contributed by atoms with Crippen LogP contribution in [-0.4, -0.2) is 37.2 Å². The van der Waals surface area contributed by atoms with Gasteiger partial charge in [-0.1, -0.05) is 331 Å². The van der Waals surface area contributed by atoms with Crippen molar-refractivity contribution in [2.75, 3.05) is 13.2 Å². The fourth-order valence-corrected chi connectivity index (χ4v) is 10.5. The predicted molar refractivity (Wildman–Crippen MR) is 358 cm³/mol. The molecular weight excluding hydrogens is 1010 g/mol. The van der Waals surface area contributed by atoms with Gasteiger partial charge in [0.05, 0.1) is 0 Å². The summed E-state index contributed by atoms with van der Waals surface area (Å²) in [4.78, 5) is 38.4. The number of hydrogen-bond acceptors (Lipinski definition) is 6. The Morgan fingerprint density at radius 1 is 0.244 bits per heavy atom. The lowest BCUT2D eigenvalue weighted by atomic mass is 10.0. The number of carbonyl (C=O) groups excluding carboxylic acids is 3. The molecule has 0 spiro atoms. The molecule has 82 heavy (non-hydrogen) atoms. The highest BCUT2D eigenvalue weighted by Crippen LogP contribution is 2.18. The molecule has 0 amide bonds. The van der Waals surface area contributed by atoms with E-state index in [1.807, 2.05) is 0 Å². The van der Waals surface area contributed by atoms with E-state index in [1.54, 1.807) is 0 Å². The minimum atomic E-state index is -0.781. The maximum Gasteiger partial charge on any atom is 0.306 e. The molecule has 1 unspecified atom stereocenters. The first-order valence-electron chi connectivity index (χ1n) is 35.9. The third-order valence-electron chi connectivity index (χ3n) is 15.9. The van der Waals surface area contributed by atoms with Gasteiger partial charge in [-0.25, -0.2) is 0 Å². The highest BCUT2D eigenvalue weighted by atomic mass is 16.6. The summed E-state index contributed by atoms with van der Waals surface area (Å²) in [6, 6.07) is 0. The Labute approximate surface area is 510 Å². The van der Waals surface area contributed by atoms with E-state index < -0.39 is 6.10 Å². The average molecular weight is 1150 g/mol. The molecule has 0 bridgehead atoms. The molecule has 6 heteroatoms. The third-order valence-corrected chi connectivity index (χ3v) is 15.9. The van der Waals surface area contributed by atoms with Crippen LogP contribution in [0, 0.1) is 0 Å². The van der Waals surface area contributed by atoms with Crippen LogP contribution >= 0.6 is 0 Å². The van der Waals surface area contributed by atoms with E-state index >= 15 is 0 Å². The Hall–Kier alpha value is -3.15. The van der Waals surface area contributed by atoms with E-state index in [1.165, 1.54) is 244 Å². The lowest BCUT2D eigenvalue weighted by Gasteiger charge is -2.18. The molecule has 0 heterocycles. The SMILES string of the molecule is CCCCCCC/C=C\C/C=C\C/C=C\CCCCCCCCCCCCCCCCCCC(=O)OCC(COC(=O)CCCCCCCCCCCCCC)OC(=O)CCCCCCCC/C=C\C/C=C\C/C=C\CCCCCCC. The fourth-order valence-electron chi connectivity index (χ4n) is 10.5. The topological polar surface area (TPSA) is 78.9 Å². The van der Waals surface area contributed by atoms with Crippen molar-refractivity contribution < 1.29 is 28.6 Å². The smallest absolute Gasteiger partial charge is 0.306 e. The van der Waals surface area contributed by atoms with Crippen LogP contribution in [0.4, 0.5) is 0 Å². The highest BCUT2D eigenvalue weighted by Gasteiger charge is 2.19. The number of unbranched alkanes of at least 4 members (excludes halogenated alkanes) is 43. The van der Waals surface area contributed by atoms with Gasteiger partial charge in [0.1, 0.15) is 13.2 Å². The molecule has 0 aromatic carbocycles. The van der Waals surface area contributed by atoms with Gasteiger partial charge < -0.3 is 14.2 Å². The molecule has 0 fully saturated rings. The lowest BCUT2D eigenvalue weighted by molar-refractivity contribution is -0.167. The van der Waals surface area contributed by atoms with Gasteiger partial charge in [-0.05, 0) is 96.3 Å². The van der Waals surface area contributed by atoms with Gasteiger partial charge in [0.2, 0.25) is 0 Å². The fraction of sp³-hybridized carbons (Fsp3) is 0.803. The Bertz CT molecular complexity index is 1500. The van der Waals surface area contributed by atoms with Crippen LogP contribution < -0.4 is 0 Å². The lowest BCUT2D eigenvalue weighted by Crippen LogP contribution is -2.30. The molecule has 0 N–H and O–H groups in total. The molecule has 0 aliphatic rings. The van der Waals surface area contributed by atoms with Gasteiger partial charge in [-0.15, -0.1) is 0 Å². The Morgan fingerprint density at radius 2 is 0.439 bits per heavy atom. The summed E-state index contributed by atoms with van der Waals surface area (Å²) in [5.41, 5.74) is 0. The Morgan fingerprint density at radius 3 is 0.683 bits per heavy atom. The van der Waals surface area contributed by atoms with Crippen LogP contribution in [0.1, 0.15) is 374 Å². The van der Waals surface area contributed by atoms with E-state index in [2.05, 4.69) is 93.7 Å². The second-order valence-corrected chi connectivity index (χ2v) is 24.1. The summed E-state index contributed by atoms with van der Waals surface area (Å²) in [6.45, 7) is 6.65. The number of hydrogen-bond donors (Lipinski definition) is 0. The number of rotatable bonds is 66. The van der Waals surface area contributed by atoms with Crippen molar-refractivity contribution >= 4 is 17.9 Å². The molecule has 0 radical (unpaired) electrons. The molecule has 1 atom stereocenters. The molecule has 0 rings (SSSR count). The van der Waals surface area contributed by atoms with E-state index in [4.69, 9.17) is 14.2 Å². The zero-order valence-electron chi connectivity index (χ0n) is 54.8. The van der Waals surface area contributed by atoms with E-state index in [9.17, 15) is 14.4 Å². The van der Waals surface area contributed by atoms with E-state index in [0.29, 0.717) is 19.3 Å². The molecule has 0 saturated carbocycles. The first-order chi connectivity index (χ1) is 40.5. The van der Waals surface area contributed by atoms with Crippen LogP contribution in [0.25, 0.3) is 0 Å². The molecule has 0 saturated heterocycles. The maximum atomic E-state index is 12.9. The van der Waals surface area contributed by atoms with Crippen molar-refractivity contribution in [2.24, 2.45) is 0 Å². The van der Waals surface area contributed by atoms with Crippen molar-refractivity contribution in [1.82, 2.24) is 0 Å². The van der Waals surface area contributed by atoms with Gasteiger partial charge in [0.25, 0.3) is 0 Å².